The van der Waals surface area contributed by atoms with Crippen molar-refractivity contribution in [2.45, 2.75) is 57.3 Å². The van der Waals surface area contributed by atoms with Crippen molar-refractivity contribution in [2.24, 2.45) is 0 Å². The van der Waals surface area contributed by atoms with E-state index < -0.39 is 0 Å². The predicted molar refractivity (Wildman–Crippen MR) is 95.9 cm³/mol. The highest BCUT2D eigenvalue weighted by Crippen LogP contribution is 2.42. The molecule has 1 fully saturated rings. The predicted octanol–water partition coefficient (Wildman–Crippen LogP) is 5.60. The first-order valence-corrected chi connectivity index (χ1v) is 8.65. The molecule has 0 N–H and O–H groups in total. The Hall–Kier alpha value is -1.89. The van der Waals surface area contributed by atoms with Gasteiger partial charge in [-0.15, -0.1) is 0 Å². The summed E-state index contributed by atoms with van der Waals surface area (Å²) in [7, 11) is 0. The van der Waals surface area contributed by atoms with Crippen molar-refractivity contribution in [3.63, 3.8) is 0 Å². The molecule has 1 saturated carbocycles. The van der Waals surface area contributed by atoms with Gasteiger partial charge < -0.3 is 0 Å². The summed E-state index contributed by atoms with van der Waals surface area (Å²) >= 11 is 0. The number of rotatable bonds is 2. The molecule has 120 valence electrons. The molecule has 23 heavy (non-hydrogen) atoms. The number of Topliss-reactive ketones (excluding diaryl/α,β-unsaturated/α-hetero) is 1. The Morgan fingerprint density at radius 1 is 0.870 bits per heavy atom. The molecule has 0 amide bonds. The SMILES string of the molecule is CC(C)(C)c1ccc(C2CCCC(=O)C2c2ccccc2)cc1. The second-order valence-corrected chi connectivity index (χ2v) is 7.73. The second kappa shape index (κ2) is 6.31. The fraction of sp³-hybridized carbons (Fsp3) is 0.409. The molecule has 2 aromatic rings. The Morgan fingerprint density at radius 3 is 2.13 bits per heavy atom. The number of benzene rings is 2. The van der Waals surface area contributed by atoms with Gasteiger partial charge in [0.05, 0.1) is 0 Å². The van der Waals surface area contributed by atoms with Crippen molar-refractivity contribution in [3.05, 3.63) is 71.3 Å². The minimum absolute atomic E-state index is 0.0189. The quantitative estimate of drug-likeness (QED) is 0.705. The topological polar surface area (TPSA) is 17.1 Å². The zero-order valence-corrected chi connectivity index (χ0v) is 14.4. The van der Waals surface area contributed by atoms with Crippen LogP contribution in [0.4, 0.5) is 0 Å². The molecule has 1 nitrogen and oxygen atoms in total. The van der Waals surface area contributed by atoms with E-state index in [0.717, 1.165) is 19.3 Å². The molecule has 0 aliphatic heterocycles. The summed E-state index contributed by atoms with van der Waals surface area (Å²) in [6, 6.07) is 19.2. The Kier molecular flexibility index (Phi) is 4.39. The molecule has 0 aromatic heterocycles. The van der Waals surface area contributed by atoms with Gasteiger partial charge in [0.1, 0.15) is 5.78 Å². The molecule has 1 heteroatoms. The number of hydrogen-bond donors (Lipinski definition) is 0. The number of ketones is 1. The maximum Gasteiger partial charge on any atom is 0.140 e. The molecule has 2 unspecified atom stereocenters. The van der Waals surface area contributed by atoms with Gasteiger partial charge in [0.2, 0.25) is 0 Å². The van der Waals surface area contributed by atoms with E-state index >= 15 is 0 Å². The lowest BCUT2D eigenvalue weighted by atomic mass is 9.71. The van der Waals surface area contributed by atoms with Crippen LogP contribution in [-0.2, 0) is 10.2 Å². The summed E-state index contributed by atoms with van der Waals surface area (Å²) in [5, 5.41) is 0. The van der Waals surface area contributed by atoms with Gasteiger partial charge >= 0.3 is 0 Å². The molecule has 0 saturated heterocycles. The van der Waals surface area contributed by atoms with Gasteiger partial charge in [0, 0.05) is 12.3 Å². The lowest BCUT2D eigenvalue weighted by Gasteiger charge is -2.31. The molecule has 1 aliphatic rings. The van der Waals surface area contributed by atoms with Crippen LogP contribution in [0.3, 0.4) is 0 Å². The van der Waals surface area contributed by atoms with E-state index in [1.807, 2.05) is 18.2 Å². The largest absolute Gasteiger partial charge is 0.299 e. The van der Waals surface area contributed by atoms with Crippen LogP contribution in [-0.4, -0.2) is 5.78 Å². The molecule has 0 radical (unpaired) electrons. The Bertz CT molecular complexity index is 661. The van der Waals surface area contributed by atoms with Gasteiger partial charge in [-0.2, -0.15) is 0 Å². The third kappa shape index (κ3) is 3.39. The van der Waals surface area contributed by atoms with E-state index in [2.05, 4.69) is 57.2 Å². The highest BCUT2D eigenvalue weighted by molar-refractivity contribution is 5.87. The second-order valence-electron chi connectivity index (χ2n) is 7.73. The Balaban J connectivity index is 1.94. The summed E-state index contributed by atoms with van der Waals surface area (Å²) in [6.07, 6.45) is 2.82. The van der Waals surface area contributed by atoms with Gasteiger partial charge in [-0.1, -0.05) is 75.4 Å². The van der Waals surface area contributed by atoms with Crippen LogP contribution in [0, 0.1) is 0 Å². The van der Waals surface area contributed by atoms with Gasteiger partial charge in [0.15, 0.2) is 0 Å². The fourth-order valence-corrected chi connectivity index (χ4v) is 3.71. The van der Waals surface area contributed by atoms with Crippen LogP contribution in [0.2, 0.25) is 0 Å². The summed E-state index contributed by atoms with van der Waals surface area (Å²) in [4.78, 5) is 12.6. The molecule has 0 bridgehead atoms. The van der Waals surface area contributed by atoms with Crippen molar-refractivity contribution < 1.29 is 4.79 Å². The summed E-state index contributed by atoms with van der Waals surface area (Å²) < 4.78 is 0. The number of carbonyl (C=O) groups is 1. The molecule has 0 heterocycles. The normalized spacial score (nSPS) is 22.1. The average molecular weight is 306 g/mol. The molecule has 2 aromatic carbocycles. The Morgan fingerprint density at radius 2 is 1.52 bits per heavy atom. The summed E-state index contributed by atoms with van der Waals surface area (Å²) in [5.41, 5.74) is 3.99. The van der Waals surface area contributed by atoms with Crippen LogP contribution in [0.5, 0.6) is 0 Å². The van der Waals surface area contributed by atoms with E-state index in [-0.39, 0.29) is 11.3 Å². The standard InChI is InChI=1S/C22H26O/c1-22(2,3)18-14-12-16(13-15-18)19-10-7-11-20(23)21(19)17-8-5-4-6-9-17/h4-6,8-9,12-15,19,21H,7,10-11H2,1-3H3. The van der Waals surface area contributed by atoms with Gasteiger partial charge in [-0.3, -0.25) is 4.79 Å². The van der Waals surface area contributed by atoms with Crippen molar-refractivity contribution in [2.75, 3.05) is 0 Å². The van der Waals surface area contributed by atoms with Crippen LogP contribution in [0.15, 0.2) is 54.6 Å². The molecule has 3 rings (SSSR count). The fourth-order valence-electron chi connectivity index (χ4n) is 3.71. The van der Waals surface area contributed by atoms with Crippen LogP contribution >= 0.6 is 0 Å². The minimum Gasteiger partial charge on any atom is -0.299 e. The van der Waals surface area contributed by atoms with E-state index in [1.165, 1.54) is 16.7 Å². The first-order valence-electron chi connectivity index (χ1n) is 8.65. The van der Waals surface area contributed by atoms with Crippen molar-refractivity contribution in [1.82, 2.24) is 0 Å². The van der Waals surface area contributed by atoms with Crippen LogP contribution in [0.1, 0.15) is 68.6 Å². The third-order valence-corrected chi connectivity index (χ3v) is 5.05. The van der Waals surface area contributed by atoms with Crippen LogP contribution in [0.25, 0.3) is 0 Å². The zero-order valence-electron chi connectivity index (χ0n) is 14.4. The van der Waals surface area contributed by atoms with E-state index in [4.69, 9.17) is 0 Å². The third-order valence-electron chi connectivity index (χ3n) is 5.05. The molecular formula is C22H26O. The summed E-state index contributed by atoms with van der Waals surface area (Å²) in [6.45, 7) is 6.71. The summed E-state index contributed by atoms with van der Waals surface area (Å²) in [5.74, 6) is 0.727. The highest BCUT2D eigenvalue weighted by Gasteiger charge is 2.34. The average Bonchev–Trinajstić information content (AvgIpc) is 2.55. The van der Waals surface area contributed by atoms with E-state index in [1.54, 1.807) is 0 Å². The first kappa shape index (κ1) is 16.0. The highest BCUT2D eigenvalue weighted by atomic mass is 16.1. The molecule has 0 spiro atoms. The minimum atomic E-state index is 0.0189. The van der Waals surface area contributed by atoms with Crippen molar-refractivity contribution >= 4 is 5.78 Å². The van der Waals surface area contributed by atoms with Crippen molar-refractivity contribution in [3.8, 4) is 0 Å². The van der Waals surface area contributed by atoms with E-state index in [0.29, 0.717) is 11.7 Å². The Labute approximate surface area is 139 Å². The van der Waals surface area contributed by atoms with Gasteiger partial charge in [0.25, 0.3) is 0 Å². The molecule has 2 atom stereocenters. The van der Waals surface area contributed by atoms with E-state index in [9.17, 15) is 4.79 Å². The van der Waals surface area contributed by atoms with Gasteiger partial charge in [-0.05, 0) is 40.9 Å². The van der Waals surface area contributed by atoms with Crippen molar-refractivity contribution in [1.29, 1.82) is 0 Å². The zero-order chi connectivity index (χ0) is 16.4. The monoisotopic (exact) mass is 306 g/mol. The molecular weight excluding hydrogens is 280 g/mol. The van der Waals surface area contributed by atoms with Crippen LogP contribution < -0.4 is 0 Å². The lowest BCUT2D eigenvalue weighted by molar-refractivity contribution is -0.122. The molecule has 1 aliphatic carbocycles. The smallest absolute Gasteiger partial charge is 0.140 e. The lowest BCUT2D eigenvalue weighted by Crippen LogP contribution is -2.25. The first-order chi connectivity index (χ1) is 11.0. The maximum atomic E-state index is 12.6. The number of carbonyl (C=O) groups excluding carboxylic acids is 1. The number of hydrogen-bond acceptors (Lipinski definition) is 1. The maximum absolute atomic E-state index is 12.6. The van der Waals surface area contributed by atoms with Gasteiger partial charge in [-0.25, -0.2) is 0 Å².